The summed E-state index contributed by atoms with van der Waals surface area (Å²) in [6.07, 6.45) is 0.895. The molecule has 1 saturated heterocycles. The molecule has 176 valence electrons. The zero-order valence-electron chi connectivity index (χ0n) is 18.4. The number of aliphatic hydroxyl groups is 2. The molecule has 4 heterocycles. The van der Waals surface area contributed by atoms with Gasteiger partial charge in [-0.1, -0.05) is 6.08 Å². The number of benzene rings is 1. The highest BCUT2D eigenvalue weighted by molar-refractivity contribution is 5.87. The first-order valence-electron chi connectivity index (χ1n) is 10.8. The Labute approximate surface area is 190 Å². The Hall–Kier alpha value is -2.96. The number of hydrogen-bond acceptors (Lipinski definition) is 11. The molecule has 1 fully saturated rings. The Balaban J connectivity index is 1.29. The van der Waals surface area contributed by atoms with Gasteiger partial charge in [0.1, 0.15) is 41.8 Å². The van der Waals surface area contributed by atoms with E-state index in [4.69, 9.17) is 20.0 Å². The second-order valence-electron chi connectivity index (χ2n) is 8.56. The van der Waals surface area contributed by atoms with Crippen molar-refractivity contribution < 1.29 is 24.5 Å². The third-order valence-corrected chi connectivity index (χ3v) is 6.40. The van der Waals surface area contributed by atoms with Crippen molar-refractivity contribution in [2.75, 3.05) is 26.1 Å². The van der Waals surface area contributed by atoms with Gasteiger partial charge in [0.05, 0.1) is 31.4 Å². The molecule has 0 saturated carbocycles. The fourth-order valence-corrected chi connectivity index (χ4v) is 4.50. The SMILES string of the molecule is CONC1=NCNC2C1C=CN2[C@@H]1O[C@H](COc2ccc3ccc(N)nc3c2)[C@@](C)(O)[C@H]1O. The number of rotatable bonds is 5. The van der Waals surface area contributed by atoms with Crippen LogP contribution in [-0.2, 0) is 9.57 Å². The van der Waals surface area contributed by atoms with E-state index in [1.165, 1.54) is 7.11 Å². The molecule has 6 atom stereocenters. The van der Waals surface area contributed by atoms with Crippen molar-refractivity contribution in [1.82, 2.24) is 20.7 Å². The van der Waals surface area contributed by atoms with Gasteiger partial charge in [0.2, 0.25) is 0 Å². The number of nitrogens with zero attached hydrogens (tertiary/aromatic N) is 3. The third-order valence-electron chi connectivity index (χ3n) is 6.40. The molecule has 3 aliphatic rings. The predicted octanol–water partition coefficient (Wildman–Crippen LogP) is -0.0856. The third kappa shape index (κ3) is 3.87. The molecule has 6 N–H and O–H groups in total. The number of pyridine rings is 1. The van der Waals surface area contributed by atoms with E-state index in [0.717, 1.165) is 5.39 Å². The van der Waals surface area contributed by atoms with Crippen molar-refractivity contribution in [3.8, 4) is 5.75 Å². The minimum atomic E-state index is -1.52. The number of ether oxygens (including phenoxy) is 2. The molecular weight excluding hydrogens is 428 g/mol. The van der Waals surface area contributed by atoms with Crippen LogP contribution in [0.3, 0.4) is 0 Å². The molecule has 0 bridgehead atoms. The molecule has 1 aromatic carbocycles. The number of fused-ring (bicyclic) bond motifs is 2. The Morgan fingerprint density at radius 1 is 1.36 bits per heavy atom. The summed E-state index contributed by atoms with van der Waals surface area (Å²) in [6, 6.07) is 9.13. The Bertz CT molecular complexity index is 1090. The highest BCUT2D eigenvalue weighted by Crippen LogP contribution is 2.37. The van der Waals surface area contributed by atoms with Crippen LogP contribution < -0.4 is 21.3 Å². The highest BCUT2D eigenvalue weighted by Gasteiger charge is 2.56. The van der Waals surface area contributed by atoms with Gasteiger partial charge in [-0.25, -0.2) is 4.98 Å². The van der Waals surface area contributed by atoms with Crippen molar-refractivity contribution in [3.63, 3.8) is 0 Å². The van der Waals surface area contributed by atoms with E-state index in [-0.39, 0.29) is 18.7 Å². The number of aliphatic hydroxyl groups excluding tert-OH is 1. The Morgan fingerprint density at radius 3 is 3.00 bits per heavy atom. The summed E-state index contributed by atoms with van der Waals surface area (Å²) in [5.74, 6) is 1.58. The van der Waals surface area contributed by atoms with Crippen molar-refractivity contribution in [2.45, 2.75) is 37.1 Å². The number of amidine groups is 1. The van der Waals surface area contributed by atoms with Gasteiger partial charge in [0, 0.05) is 17.7 Å². The monoisotopic (exact) mass is 456 g/mol. The Morgan fingerprint density at radius 2 is 2.18 bits per heavy atom. The van der Waals surface area contributed by atoms with Gasteiger partial charge in [-0.15, -0.1) is 0 Å². The molecule has 0 spiro atoms. The maximum atomic E-state index is 11.1. The Kier molecular flexibility index (Phi) is 5.59. The normalized spacial score (nSPS) is 33.3. The van der Waals surface area contributed by atoms with E-state index in [1.807, 2.05) is 35.4 Å². The molecule has 0 radical (unpaired) electrons. The van der Waals surface area contributed by atoms with Crippen LogP contribution in [0.1, 0.15) is 6.92 Å². The summed E-state index contributed by atoms with van der Waals surface area (Å²) in [7, 11) is 1.53. The second kappa shape index (κ2) is 8.43. The van der Waals surface area contributed by atoms with Gasteiger partial charge in [-0.2, -0.15) is 0 Å². The van der Waals surface area contributed by atoms with Gasteiger partial charge in [0.25, 0.3) is 0 Å². The van der Waals surface area contributed by atoms with E-state index in [1.54, 1.807) is 19.1 Å². The number of aliphatic imine (C=N–C) groups is 1. The summed E-state index contributed by atoms with van der Waals surface area (Å²) in [6.45, 7) is 1.99. The number of nitrogens with two attached hydrogens (primary N) is 1. The van der Waals surface area contributed by atoms with Crippen LogP contribution in [0.2, 0.25) is 0 Å². The largest absolute Gasteiger partial charge is 0.491 e. The second-order valence-corrected chi connectivity index (χ2v) is 8.56. The predicted molar refractivity (Wildman–Crippen MR) is 121 cm³/mol. The van der Waals surface area contributed by atoms with Gasteiger partial charge >= 0.3 is 0 Å². The first-order valence-corrected chi connectivity index (χ1v) is 10.8. The summed E-state index contributed by atoms with van der Waals surface area (Å²) >= 11 is 0. The van der Waals surface area contributed by atoms with Gasteiger partial charge in [0.15, 0.2) is 6.23 Å². The number of hydrogen-bond donors (Lipinski definition) is 5. The van der Waals surface area contributed by atoms with Gasteiger partial charge in [-0.3, -0.25) is 20.6 Å². The number of nitrogens with one attached hydrogen (secondary N) is 2. The van der Waals surface area contributed by atoms with E-state index >= 15 is 0 Å². The zero-order chi connectivity index (χ0) is 23.2. The lowest BCUT2D eigenvalue weighted by Gasteiger charge is -2.37. The fraction of sp³-hybridized carbons (Fsp3) is 0.455. The van der Waals surface area contributed by atoms with E-state index in [0.29, 0.717) is 29.6 Å². The van der Waals surface area contributed by atoms with E-state index in [2.05, 4.69) is 20.8 Å². The lowest BCUT2D eigenvalue weighted by Crippen LogP contribution is -2.58. The lowest BCUT2D eigenvalue weighted by molar-refractivity contribution is -0.0941. The van der Waals surface area contributed by atoms with Crippen LogP contribution in [0.4, 0.5) is 5.82 Å². The summed E-state index contributed by atoms with van der Waals surface area (Å²) in [5.41, 5.74) is 7.77. The van der Waals surface area contributed by atoms with Crippen LogP contribution >= 0.6 is 0 Å². The first kappa shape index (κ1) is 21.9. The fourth-order valence-electron chi connectivity index (χ4n) is 4.50. The highest BCUT2D eigenvalue weighted by atomic mass is 16.6. The molecular formula is C22H28N6O5. The quantitative estimate of drug-likeness (QED) is 0.387. The molecule has 2 unspecified atom stereocenters. The van der Waals surface area contributed by atoms with Crippen molar-refractivity contribution in [2.24, 2.45) is 10.9 Å². The summed E-state index contributed by atoms with van der Waals surface area (Å²) < 4.78 is 12.0. The van der Waals surface area contributed by atoms with Crippen molar-refractivity contribution in [3.05, 3.63) is 42.6 Å². The number of anilines is 1. The molecule has 2 aromatic rings. The molecule has 0 aliphatic carbocycles. The maximum Gasteiger partial charge on any atom is 0.160 e. The summed E-state index contributed by atoms with van der Waals surface area (Å²) in [5, 5.41) is 26.2. The maximum absolute atomic E-state index is 11.1. The van der Waals surface area contributed by atoms with Crippen LogP contribution in [0.5, 0.6) is 5.75 Å². The topological polar surface area (TPSA) is 147 Å². The molecule has 5 rings (SSSR count). The van der Waals surface area contributed by atoms with Crippen LogP contribution in [0.25, 0.3) is 10.9 Å². The number of nitrogen functional groups attached to an aromatic ring is 1. The minimum Gasteiger partial charge on any atom is -0.491 e. The van der Waals surface area contributed by atoms with Crippen molar-refractivity contribution in [1.29, 1.82) is 0 Å². The van der Waals surface area contributed by atoms with Crippen LogP contribution in [0, 0.1) is 5.92 Å². The summed E-state index contributed by atoms with van der Waals surface area (Å²) in [4.78, 5) is 15.6. The molecule has 1 aromatic heterocycles. The van der Waals surface area contributed by atoms with Crippen molar-refractivity contribution >= 4 is 22.6 Å². The van der Waals surface area contributed by atoms with E-state index in [9.17, 15) is 10.2 Å². The average Bonchev–Trinajstić information content (AvgIpc) is 3.32. The van der Waals surface area contributed by atoms with Crippen LogP contribution in [-0.4, -0.2) is 76.5 Å². The smallest absolute Gasteiger partial charge is 0.160 e. The number of hydroxylamine groups is 1. The standard InChI is InChI=1S/C22H28N6O5/c1-22(30)16(10-32-13-5-3-12-4-6-17(23)26-15(12)9-13)33-21(18(22)29)28-8-7-14-19(27-31-2)24-11-25-20(14)28/h3-9,14,16,18,20-21,25,29-30H,10-11H2,1-2H3,(H2,23,26)(H,24,27)/t14?,16-,18+,20?,21-,22-/m1/s1. The van der Waals surface area contributed by atoms with Crippen LogP contribution in [0.15, 0.2) is 47.6 Å². The lowest BCUT2D eigenvalue weighted by atomic mass is 9.94. The molecule has 3 aliphatic heterocycles. The van der Waals surface area contributed by atoms with Gasteiger partial charge < -0.3 is 30.3 Å². The molecule has 11 heteroatoms. The number of aromatic nitrogens is 1. The average molecular weight is 457 g/mol. The molecule has 11 nitrogen and oxygen atoms in total. The first-order chi connectivity index (χ1) is 15.9. The molecule has 0 amide bonds. The minimum absolute atomic E-state index is 0.0470. The zero-order valence-corrected chi connectivity index (χ0v) is 18.4. The van der Waals surface area contributed by atoms with Gasteiger partial charge in [-0.05, 0) is 31.2 Å². The van der Waals surface area contributed by atoms with E-state index < -0.39 is 24.0 Å². The molecule has 33 heavy (non-hydrogen) atoms.